The van der Waals surface area contributed by atoms with Crippen molar-refractivity contribution < 1.29 is 32.6 Å². The molecule has 0 aliphatic rings. The Balaban J connectivity index is 1.98. The minimum absolute atomic E-state index is 0.0924. The Morgan fingerprint density at radius 1 is 1.09 bits per heavy atom. The minimum Gasteiger partial charge on any atom is -0.484 e. The normalized spacial score (nSPS) is 12.2. The molecule has 0 aromatic heterocycles. The standard InChI is InChI=1S/C23H27F3N2O4/c1-16(28(17(2)30)21-7-5-4-6-20(21)23(24,25)26)12-13-27(3)22(31)15-32-19-10-8-18(14-29)9-11-19/h4-11,16,29H,12-15H2,1-3H3/t16-/m0/s1. The third-order valence-electron chi connectivity index (χ3n) is 5.03. The number of carbonyl (C=O) groups excluding carboxylic acids is 2. The fourth-order valence-corrected chi connectivity index (χ4v) is 3.22. The van der Waals surface area contributed by atoms with Crippen molar-refractivity contribution in [1.29, 1.82) is 0 Å². The van der Waals surface area contributed by atoms with Crippen molar-refractivity contribution in [3.05, 3.63) is 59.7 Å². The molecule has 0 unspecified atom stereocenters. The van der Waals surface area contributed by atoms with Crippen LogP contribution in [0.5, 0.6) is 5.75 Å². The lowest BCUT2D eigenvalue weighted by atomic mass is 10.1. The summed E-state index contributed by atoms with van der Waals surface area (Å²) in [7, 11) is 1.56. The smallest absolute Gasteiger partial charge is 0.418 e. The van der Waals surface area contributed by atoms with Gasteiger partial charge in [0.25, 0.3) is 5.91 Å². The van der Waals surface area contributed by atoms with Crippen LogP contribution >= 0.6 is 0 Å². The first kappa shape index (κ1) is 25.2. The van der Waals surface area contributed by atoms with E-state index in [0.717, 1.165) is 16.5 Å². The maximum atomic E-state index is 13.4. The van der Waals surface area contributed by atoms with Crippen molar-refractivity contribution in [2.24, 2.45) is 0 Å². The summed E-state index contributed by atoms with van der Waals surface area (Å²) in [5, 5.41) is 9.04. The number of ether oxygens (including phenoxy) is 1. The van der Waals surface area contributed by atoms with Crippen molar-refractivity contribution in [3.8, 4) is 5.75 Å². The van der Waals surface area contributed by atoms with Gasteiger partial charge in [-0.05, 0) is 43.2 Å². The van der Waals surface area contributed by atoms with Gasteiger partial charge in [0.15, 0.2) is 6.61 Å². The highest BCUT2D eigenvalue weighted by atomic mass is 19.4. The van der Waals surface area contributed by atoms with Crippen LogP contribution in [0.1, 0.15) is 31.4 Å². The van der Waals surface area contributed by atoms with E-state index in [9.17, 15) is 22.8 Å². The van der Waals surface area contributed by atoms with Gasteiger partial charge in [0.05, 0.1) is 17.9 Å². The maximum absolute atomic E-state index is 13.4. The van der Waals surface area contributed by atoms with Gasteiger partial charge in [0.1, 0.15) is 5.75 Å². The van der Waals surface area contributed by atoms with E-state index in [1.54, 1.807) is 38.2 Å². The van der Waals surface area contributed by atoms with Crippen LogP contribution in [-0.2, 0) is 22.4 Å². The van der Waals surface area contributed by atoms with Crippen molar-refractivity contribution in [2.75, 3.05) is 25.1 Å². The van der Waals surface area contributed by atoms with Gasteiger partial charge in [-0.2, -0.15) is 13.2 Å². The van der Waals surface area contributed by atoms with Gasteiger partial charge < -0.3 is 19.6 Å². The summed E-state index contributed by atoms with van der Waals surface area (Å²) < 4.78 is 45.7. The van der Waals surface area contributed by atoms with Crippen molar-refractivity contribution in [2.45, 2.75) is 39.1 Å². The molecule has 0 saturated carbocycles. The Morgan fingerprint density at radius 3 is 2.28 bits per heavy atom. The van der Waals surface area contributed by atoms with Crippen LogP contribution in [0.15, 0.2) is 48.5 Å². The number of nitrogens with zero attached hydrogens (tertiary/aromatic N) is 2. The van der Waals surface area contributed by atoms with Gasteiger partial charge in [0, 0.05) is 26.6 Å². The molecule has 9 heteroatoms. The number of para-hydroxylation sites is 1. The summed E-state index contributed by atoms with van der Waals surface area (Å²) in [5.41, 5.74) is -0.368. The van der Waals surface area contributed by atoms with Gasteiger partial charge in [0.2, 0.25) is 5.91 Å². The van der Waals surface area contributed by atoms with Crippen LogP contribution in [0.4, 0.5) is 18.9 Å². The molecule has 2 amide bonds. The molecule has 0 spiro atoms. The highest BCUT2D eigenvalue weighted by molar-refractivity contribution is 5.93. The van der Waals surface area contributed by atoms with Crippen molar-refractivity contribution in [1.82, 2.24) is 4.90 Å². The van der Waals surface area contributed by atoms with E-state index in [4.69, 9.17) is 9.84 Å². The molecule has 2 rings (SSSR count). The topological polar surface area (TPSA) is 70.1 Å². The fourth-order valence-electron chi connectivity index (χ4n) is 3.22. The lowest BCUT2D eigenvalue weighted by Crippen LogP contribution is -2.41. The summed E-state index contributed by atoms with van der Waals surface area (Å²) in [6, 6.07) is 11.0. The SMILES string of the molecule is CC(=O)N(c1ccccc1C(F)(F)F)[C@@H](C)CCN(C)C(=O)COc1ccc(CO)cc1. The molecular formula is C23H27F3N2O4. The third-order valence-corrected chi connectivity index (χ3v) is 5.03. The number of hydrogen-bond donors (Lipinski definition) is 1. The molecule has 0 fully saturated rings. The van der Waals surface area contributed by atoms with E-state index >= 15 is 0 Å². The predicted molar refractivity (Wildman–Crippen MR) is 114 cm³/mol. The van der Waals surface area contributed by atoms with Crippen molar-refractivity contribution in [3.63, 3.8) is 0 Å². The minimum atomic E-state index is -4.59. The quantitative estimate of drug-likeness (QED) is 0.627. The van der Waals surface area contributed by atoms with Crippen LogP contribution in [0, 0.1) is 0 Å². The highest BCUT2D eigenvalue weighted by Crippen LogP contribution is 2.37. The highest BCUT2D eigenvalue weighted by Gasteiger charge is 2.36. The number of anilines is 1. The molecule has 0 aliphatic carbocycles. The van der Waals surface area contributed by atoms with Crippen LogP contribution in [0.3, 0.4) is 0 Å². The fraction of sp³-hybridized carbons (Fsp3) is 0.391. The van der Waals surface area contributed by atoms with E-state index < -0.39 is 23.7 Å². The number of amides is 2. The Kier molecular flexibility index (Phi) is 8.65. The summed E-state index contributed by atoms with van der Waals surface area (Å²) >= 11 is 0. The molecule has 32 heavy (non-hydrogen) atoms. The zero-order chi connectivity index (χ0) is 23.9. The van der Waals surface area contributed by atoms with E-state index in [1.807, 2.05) is 0 Å². The number of aliphatic hydroxyl groups excluding tert-OH is 1. The van der Waals surface area contributed by atoms with E-state index in [-0.39, 0.29) is 37.8 Å². The number of alkyl halides is 3. The number of benzene rings is 2. The monoisotopic (exact) mass is 452 g/mol. The first-order valence-corrected chi connectivity index (χ1v) is 10.1. The molecule has 2 aromatic rings. The molecule has 1 atom stereocenters. The summed E-state index contributed by atoms with van der Waals surface area (Å²) in [5.74, 6) is -0.352. The maximum Gasteiger partial charge on any atom is 0.418 e. The molecule has 0 heterocycles. The Hall–Kier alpha value is -3.07. The summed E-state index contributed by atoms with van der Waals surface area (Å²) in [6.07, 6.45) is -4.32. The zero-order valence-electron chi connectivity index (χ0n) is 18.2. The van der Waals surface area contributed by atoms with E-state index in [2.05, 4.69) is 0 Å². The summed E-state index contributed by atoms with van der Waals surface area (Å²) in [4.78, 5) is 27.1. The average molecular weight is 452 g/mol. The number of aliphatic hydroxyl groups is 1. The summed E-state index contributed by atoms with van der Waals surface area (Å²) in [6.45, 7) is 2.78. The number of rotatable bonds is 9. The molecule has 0 radical (unpaired) electrons. The van der Waals surface area contributed by atoms with Crippen LogP contribution < -0.4 is 9.64 Å². The molecule has 1 N–H and O–H groups in total. The van der Waals surface area contributed by atoms with E-state index in [0.29, 0.717) is 5.75 Å². The molecule has 0 aliphatic heterocycles. The van der Waals surface area contributed by atoms with Gasteiger partial charge in [-0.3, -0.25) is 9.59 Å². The number of hydrogen-bond acceptors (Lipinski definition) is 4. The second-order valence-corrected chi connectivity index (χ2v) is 7.45. The van der Waals surface area contributed by atoms with Crippen LogP contribution in [0.2, 0.25) is 0 Å². The molecule has 6 nitrogen and oxygen atoms in total. The molecule has 0 saturated heterocycles. The van der Waals surface area contributed by atoms with Gasteiger partial charge >= 0.3 is 6.18 Å². The first-order valence-electron chi connectivity index (χ1n) is 10.1. The predicted octanol–water partition coefficient (Wildman–Crippen LogP) is 3.87. The second-order valence-electron chi connectivity index (χ2n) is 7.45. The average Bonchev–Trinajstić information content (AvgIpc) is 2.75. The zero-order valence-corrected chi connectivity index (χ0v) is 18.2. The molecule has 2 aromatic carbocycles. The van der Waals surface area contributed by atoms with Crippen LogP contribution in [0.25, 0.3) is 0 Å². The lowest BCUT2D eigenvalue weighted by Gasteiger charge is -2.31. The molecule has 174 valence electrons. The van der Waals surface area contributed by atoms with Crippen molar-refractivity contribution >= 4 is 17.5 Å². The Morgan fingerprint density at radius 2 is 1.72 bits per heavy atom. The molecule has 0 bridgehead atoms. The third kappa shape index (κ3) is 6.71. The first-order chi connectivity index (χ1) is 15.0. The van der Waals surface area contributed by atoms with Gasteiger partial charge in [-0.15, -0.1) is 0 Å². The number of likely N-dealkylation sites (N-methyl/N-ethyl adjacent to an activating group) is 1. The van der Waals surface area contributed by atoms with Crippen LogP contribution in [-0.4, -0.2) is 48.1 Å². The number of halogens is 3. The lowest BCUT2D eigenvalue weighted by molar-refractivity contribution is -0.137. The second kappa shape index (κ2) is 11.0. The Bertz CT molecular complexity index is 916. The Labute approximate surface area is 185 Å². The van der Waals surface area contributed by atoms with Gasteiger partial charge in [-0.25, -0.2) is 0 Å². The largest absolute Gasteiger partial charge is 0.484 e. The molecular weight excluding hydrogens is 425 g/mol. The van der Waals surface area contributed by atoms with E-state index in [1.165, 1.54) is 30.0 Å². The number of carbonyl (C=O) groups is 2. The van der Waals surface area contributed by atoms with Gasteiger partial charge in [-0.1, -0.05) is 24.3 Å².